The normalized spacial score (nSPS) is 12.6. The second-order valence-corrected chi connectivity index (χ2v) is 6.43. The van der Waals surface area contributed by atoms with E-state index in [0.29, 0.717) is 22.9 Å². The van der Waals surface area contributed by atoms with Gasteiger partial charge in [-0.15, -0.1) is 10.2 Å². The molecule has 2 aromatic heterocycles. The van der Waals surface area contributed by atoms with Crippen LogP contribution in [0.4, 0.5) is 0 Å². The molecule has 0 aliphatic carbocycles. The van der Waals surface area contributed by atoms with E-state index in [2.05, 4.69) is 25.5 Å². The highest BCUT2D eigenvalue weighted by Crippen LogP contribution is 2.18. The maximum atomic E-state index is 12.5. The minimum absolute atomic E-state index is 0.148. The lowest BCUT2D eigenvalue weighted by atomic mass is 10.1. The molecule has 25 heavy (non-hydrogen) atoms. The van der Waals surface area contributed by atoms with Crippen molar-refractivity contribution in [1.29, 1.82) is 0 Å². The summed E-state index contributed by atoms with van der Waals surface area (Å²) in [5, 5.41) is 10.9. The van der Waals surface area contributed by atoms with Crippen LogP contribution in [0.2, 0.25) is 0 Å². The zero-order chi connectivity index (χ0) is 18.1. The van der Waals surface area contributed by atoms with Gasteiger partial charge in [0.2, 0.25) is 11.8 Å². The Morgan fingerprint density at radius 3 is 2.28 bits per heavy atom. The summed E-state index contributed by atoms with van der Waals surface area (Å²) in [5.74, 6) is 0.876. The van der Waals surface area contributed by atoms with Crippen LogP contribution in [0.25, 0.3) is 11.0 Å². The zero-order valence-corrected chi connectivity index (χ0v) is 15.0. The molecule has 0 saturated heterocycles. The number of carbonyl (C=O) groups excluding carboxylic acids is 1. The highest BCUT2D eigenvalue weighted by Gasteiger charge is 2.18. The molecule has 0 bridgehead atoms. The number of hydrogen-bond donors (Lipinski definition) is 1. The van der Waals surface area contributed by atoms with Crippen molar-refractivity contribution in [3.05, 3.63) is 46.9 Å². The third-order valence-electron chi connectivity index (χ3n) is 4.01. The molecule has 0 unspecified atom stereocenters. The van der Waals surface area contributed by atoms with Crippen LogP contribution < -0.4 is 5.32 Å². The molecule has 1 atom stereocenters. The van der Waals surface area contributed by atoms with Gasteiger partial charge in [-0.3, -0.25) is 4.79 Å². The van der Waals surface area contributed by atoms with Gasteiger partial charge in [-0.05, 0) is 39.0 Å². The molecule has 130 valence electrons. The monoisotopic (exact) mass is 339 g/mol. The summed E-state index contributed by atoms with van der Waals surface area (Å²) in [5.41, 5.74) is 3.72. The highest BCUT2D eigenvalue weighted by atomic mass is 16.4. The summed E-state index contributed by atoms with van der Waals surface area (Å²) in [4.78, 5) is 21.5. The topological polar surface area (TPSA) is 93.8 Å². The van der Waals surface area contributed by atoms with Crippen LogP contribution in [0.15, 0.2) is 22.6 Å². The van der Waals surface area contributed by atoms with Gasteiger partial charge in [0.05, 0.1) is 22.4 Å². The summed E-state index contributed by atoms with van der Waals surface area (Å²) < 4.78 is 5.58. The Labute approximate surface area is 145 Å². The van der Waals surface area contributed by atoms with Gasteiger partial charge in [-0.2, -0.15) is 0 Å². The average Bonchev–Trinajstić information content (AvgIpc) is 3.06. The molecule has 1 aromatic carbocycles. The largest absolute Gasteiger partial charge is 0.423 e. The predicted molar refractivity (Wildman–Crippen MR) is 93.3 cm³/mol. The lowest BCUT2D eigenvalue weighted by Crippen LogP contribution is -2.26. The molecule has 1 N–H and O–H groups in total. The van der Waals surface area contributed by atoms with Crippen molar-refractivity contribution in [2.45, 2.75) is 46.6 Å². The molecule has 0 aliphatic heterocycles. The van der Waals surface area contributed by atoms with Crippen molar-refractivity contribution in [2.75, 3.05) is 0 Å². The van der Waals surface area contributed by atoms with Crippen molar-refractivity contribution in [3.8, 4) is 0 Å². The maximum absolute atomic E-state index is 12.5. The number of aromatic nitrogens is 4. The minimum Gasteiger partial charge on any atom is -0.423 e. The van der Waals surface area contributed by atoms with Crippen molar-refractivity contribution >= 4 is 16.9 Å². The Morgan fingerprint density at radius 1 is 1.00 bits per heavy atom. The van der Waals surface area contributed by atoms with Crippen molar-refractivity contribution < 1.29 is 9.21 Å². The van der Waals surface area contributed by atoms with E-state index >= 15 is 0 Å². The molecule has 2 heterocycles. The van der Waals surface area contributed by atoms with Crippen molar-refractivity contribution in [2.24, 2.45) is 0 Å². The minimum atomic E-state index is -0.381. The Balaban J connectivity index is 1.80. The van der Waals surface area contributed by atoms with E-state index in [-0.39, 0.29) is 17.9 Å². The SMILES string of the molecule is Cc1nc2ccc(C(=O)N[C@H](C)c3nnc(C(C)C)o3)cc2nc1C. The number of benzene rings is 1. The third kappa shape index (κ3) is 3.50. The molecular weight excluding hydrogens is 318 g/mol. The second-order valence-electron chi connectivity index (χ2n) is 6.43. The van der Waals surface area contributed by atoms with Gasteiger partial charge in [0.25, 0.3) is 5.91 Å². The summed E-state index contributed by atoms with van der Waals surface area (Å²) in [6.45, 7) is 9.57. The van der Waals surface area contributed by atoms with Crippen LogP contribution in [-0.2, 0) is 0 Å². The number of amides is 1. The Bertz CT molecular complexity index is 932. The standard InChI is InChI=1S/C18H21N5O2/c1-9(2)17-22-23-18(25-17)12(5)21-16(24)13-6-7-14-15(8-13)20-11(4)10(3)19-14/h6-9,12H,1-5H3,(H,21,24)/t12-/m1/s1. The number of rotatable bonds is 4. The number of nitrogens with zero attached hydrogens (tertiary/aromatic N) is 4. The molecule has 7 heteroatoms. The summed E-state index contributed by atoms with van der Waals surface area (Å²) in [7, 11) is 0. The summed E-state index contributed by atoms with van der Waals surface area (Å²) in [6, 6.07) is 4.90. The number of aryl methyl sites for hydroxylation is 2. The van der Waals surface area contributed by atoms with Gasteiger partial charge in [-0.1, -0.05) is 13.8 Å². The first-order valence-electron chi connectivity index (χ1n) is 8.24. The van der Waals surface area contributed by atoms with Crippen molar-refractivity contribution in [3.63, 3.8) is 0 Å². The summed E-state index contributed by atoms with van der Waals surface area (Å²) >= 11 is 0. The van der Waals surface area contributed by atoms with E-state index in [1.807, 2.05) is 34.6 Å². The molecule has 1 amide bonds. The molecule has 3 aromatic rings. The van der Waals surface area contributed by atoms with E-state index in [9.17, 15) is 4.79 Å². The maximum Gasteiger partial charge on any atom is 0.251 e. The Kier molecular flexibility index (Phi) is 4.48. The van der Waals surface area contributed by atoms with E-state index in [0.717, 1.165) is 16.9 Å². The van der Waals surface area contributed by atoms with E-state index < -0.39 is 0 Å². The number of hydrogen-bond acceptors (Lipinski definition) is 6. The van der Waals surface area contributed by atoms with Crippen LogP contribution in [0.1, 0.15) is 66.3 Å². The van der Waals surface area contributed by atoms with Gasteiger partial charge in [-0.25, -0.2) is 9.97 Å². The molecule has 0 radical (unpaired) electrons. The number of carbonyl (C=O) groups is 1. The van der Waals surface area contributed by atoms with Crippen LogP contribution in [0, 0.1) is 13.8 Å². The Morgan fingerprint density at radius 2 is 1.64 bits per heavy atom. The fraction of sp³-hybridized carbons (Fsp3) is 0.389. The lowest BCUT2D eigenvalue weighted by Gasteiger charge is -2.11. The van der Waals surface area contributed by atoms with Crippen LogP contribution in [-0.4, -0.2) is 26.1 Å². The highest BCUT2D eigenvalue weighted by molar-refractivity contribution is 5.97. The fourth-order valence-electron chi connectivity index (χ4n) is 2.37. The predicted octanol–water partition coefficient (Wildman–Crippen LogP) is 3.24. The molecular formula is C18H21N5O2. The van der Waals surface area contributed by atoms with E-state index in [1.165, 1.54) is 0 Å². The average molecular weight is 339 g/mol. The van der Waals surface area contributed by atoms with Crippen LogP contribution >= 0.6 is 0 Å². The first-order valence-corrected chi connectivity index (χ1v) is 8.24. The van der Waals surface area contributed by atoms with Gasteiger partial charge in [0.1, 0.15) is 6.04 Å². The molecule has 3 rings (SSSR count). The summed E-state index contributed by atoms with van der Waals surface area (Å²) in [6.07, 6.45) is 0. The van der Waals surface area contributed by atoms with Gasteiger partial charge >= 0.3 is 0 Å². The second kappa shape index (κ2) is 6.58. The third-order valence-corrected chi connectivity index (χ3v) is 4.01. The number of fused-ring (bicyclic) bond motifs is 1. The number of nitrogens with one attached hydrogen (secondary N) is 1. The Hall–Kier alpha value is -2.83. The van der Waals surface area contributed by atoms with E-state index in [1.54, 1.807) is 18.2 Å². The molecule has 7 nitrogen and oxygen atoms in total. The van der Waals surface area contributed by atoms with Gasteiger partial charge < -0.3 is 9.73 Å². The molecule has 0 saturated carbocycles. The lowest BCUT2D eigenvalue weighted by molar-refractivity contribution is 0.0934. The van der Waals surface area contributed by atoms with Crippen LogP contribution in [0.3, 0.4) is 0 Å². The molecule has 0 aliphatic rings. The fourth-order valence-corrected chi connectivity index (χ4v) is 2.37. The van der Waals surface area contributed by atoms with Gasteiger partial charge in [0.15, 0.2) is 0 Å². The quantitative estimate of drug-likeness (QED) is 0.784. The first-order chi connectivity index (χ1) is 11.8. The smallest absolute Gasteiger partial charge is 0.251 e. The van der Waals surface area contributed by atoms with E-state index in [4.69, 9.17) is 4.42 Å². The van der Waals surface area contributed by atoms with Crippen LogP contribution in [0.5, 0.6) is 0 Å². The van der Waals surface area contributed by atoms with Crippen molar-refractivity contribution in [1.82, 2.24) is 25.5 Å². The van der Waals surface area contributed by atoms with Gasteiger partial charge in [0, 0.05) is 11.5 Å². The zero-order valence-electron chi connectivity index (χ0n) is 15.0. The first kappa shape index (κ1) is 17.0. The molecule has 0 spiro atoms. The molecule has 0 fully saturated rings.